The fraction of sp³-hybridized carbons (Fsp3) is 0.739. The van der Waals surface area contributed by atoms with Gasteiger partial charge in [0.2, 0.25) is 0 Å². The van der Waals surface area contributed by atoms with E-state index in [0.29, 0.717) is 11.7 Å². The van der Waals surface area contributed by atoms with Gasteiger partial charge in [0.1, 0.15) is 5.75 Å². The maximum atomic E-state index is 10.9. The molecule has 1 aliphatic rings. The molecule has 1 N–H and O–H groups in total. The minimum atomic E-state index is -0.333. The molecule has 1 aromatic carbocycles. The van der Waals surface area contributed by atoms with E-state index in [0.717, 1.165) is 29.9 Å². The van der Waals surface area contributed by atoms with Crippen molar-refractivity contribution >= 4 is 0 Å². The zero-order chi connectivity index (χ0) is 19.5. The van der Waals surface area contributed by atoms with E-state index in [1.165, 1.54) is 25.7 Å². The lowest BCUT2D eigenvalue weighted by molar-refractivity contribution is -0.206. The average molecular weight is 363 g/mol. The first-order valence-electron chi connectivity index (χ1n) is 10.1. The van der Waals surface area contributed by atoms with E-state index in [-0.39, 0.29) is 17.1 Å². The number of hydrogen-bond acceptors (Lipinski definition) is 3. The lowest BCUT2D eigenvalue weighted by Crippen LogP contribution is -2.28. The molecule has 2 rings (SSSR count). The van der Waals surface area contributed by atoms with Crippen molar-refractivity contribution in [3.05, 3.63) is 28.8 Å². The normalized spacial score (nSPS) is 21.8. The predicted octanol–water partition coefficient (Wildman–Crippen LogP) is 6.23. The van der Waals surface area contributed by atoms with E-state index in [1.807, 2.05) is 0 Å². The fourth-order valence-corrected chi connectivity index (χ4v) is 3.52. The molecule has 0 aliphatic carbocycles. The van der Waals surface area contributed by atoms with Gasteiger partial charge in [-0.1, -0.05) is 67.7 Å². The Hall–Kier alpha value is -1.06. The van der Waals surface area contributed by atoms with Crippen molar-refractivity contribution in [2.75, 3.05) is 13.2 Å². The van der Waals surface area contributed by atoms with Crippen molar-refractivity contribution in [2.45, 2.75) is 91.3 Å². The summed E-state index contributed by atoms with van der Waals surface area (Å²) in [6, 6.07) is 4.12. The summed E-state index contributed by atoms with van der Waals surface area (Å²) in [6.45, 7) is 16.5. The third-order valence-corrected chi connectivity index (χ3v) is 5.20. The van der Waals surface area contributed by atoms with Crippen LogP contribution >= 0.6 is 0 Å². The maximum absolute atomic E-state index is 10.9. The van der Waals surface area contributed by atoms with Crippen LogP contribution in [0, 0.1) is 5.92 Å². The Bertz CT molecular complexity index is 549. The summed E-state index contributed by atoms with van der Waals surface area (Å²) in [5.74, 6) is 0.904. The van der Waals surface area contributed by atoms with E-state index in [4.69, 9.17) is 9.47 Å². The van der Waals surface area contributed by atoms with Gasteiger partial charge in [0.25, 0.3) is 0 Å². The predicted molar refractivity (Wildman–Crippen MR) is 108 cm³/mol. The lowest BCUT2D eigenvalue weighted by atomic mass is 9.78. The SMILES string of the molecule is CCCCCC1COC(c2cc(C(C)(C)C)c(O)c(C(C)(C)C)c2)OC1. The van der Waals surface area contributed by atoms with Gasteiger partial charge in [0.05, 0.1) is 13.2 Å². The number of phenolic OH excluding ortho intramolecular Hbond substituents is 1. The van der Waals surface area contributed by atoms with Gasteiger partial charge in [-0.3, -0.25) is 0 Å². The Kier molecular flexibility index (Phi) is 6.79. The summed E-state index contributed by atoms with van der Waals surface area (Å²) in [4.78, 5) is 0. The minimum absolute atomic E-state index is 0.141. The first kappa shape index (κ1) is 21.2. The summed E-state index contributed by atoms with van der Waals surface area (Å²) in [5.41, 5.74) is 2.65. The number of benzene rings is 1. The molecule has 0 radical (unpaired) electrons. The number of ether oxygens (including phenoxy) is 2. The van der Waals surface area contributed by atoms with Crippen LogP contribution < -0.4 is 0 Å². The molecule has 1 fully saturated rings. The van der Waals surface area contributed by atoms with Gasteiger partial charge in [0.15, 0.2) is 6.29 Å². The fourth-order valence-electron chi connectivity index (χ4n) is 3.52. The molecule has 0 bridgehead atoms. The van der Waals surface area contributed by atoms with Crippen LogP contribution in [0.25, 0.3) is 0 Å². The van der Waals surface area contributed by atoms with Crippen LogP contribution in [0.5, 0.6) is 5.75 Å². The zero-order valence-corrected chi connectivity index (χ0v) is 17.8. The molecule has 0 saturated carbocycles. The molecular weight excluding hydrogens is 324 g/mol. The first-order chi connectivity index (χ1) is 12.0. The van der Waals surface area contributed by atoms with E-state index in [9.17, 15) is 5.11 Å². The van der Waals surface area contributed by atoms with Crippen molar-refractivity contribution in [1.82, 2.24) is 0 Å². The smallest absolute Gasteiger partial charge is 0.183 e. The number of hydrogen-bond donors (Lipinski definition) is 1. The van der Waals surface area contributed by atoms with Crippen LogP contribution in [0.3, 0.4) is 0 Å². The van der Waals surface area contributed by atoms with Crippen LogP contribution in [-0.2, 0) is 20.3 Å². The van der Waals surface area contributed by atoms with Gasteiger partial charge in [-0.2, -0.15) is 0 Å². The van der Waals surface area contributed by atoms with Gasteiger partial charge < -0.3 is 14.6 Å². The molecular formula is C23H38O3. The number of unbranched alkanes of at least 4 members (excludes halogenated alkanes) is 2. The van der Waals surface area contributed by atoms with Crippen molar-refractivity contribution < 1.29 is 14.6 Å². The third-order valence-electron chi connectivity index (χ3n) is 5.20. The zero-order valence-electron chi connectivity index (χ0n) is 17.8. The second kappa shape index (κ2) is 8.31. The molecule has 3 nitrogen and oxygen atoms in total. The summed E-state index contributed by atoms with van der Waals surface area (Å²) >= 11 is 0. The van der Waals surface area contributed by atoms with Crippen molar-refractivity contribution in [1.29, 1.82) is 0 Å². The summed E-state index contributed by atoms with van der Waals surface area (Å²) in [5, 5.41) is 10.9. The first-order valence-corrected chi connectivity index (χ1v) is 10.1. The van der Waals surface area contributed by atoms with E-state index in [1.54, 1.807) is 0 Å². The van der Waals surface area contributed by atoms with Gasteiger partial charge in [-0.15, -0.1) is 0 Å². The van der Waals surface area contributed by atoms with Crippen molar-refractivity contribution in [3.8, 4) is 5.75 Å². The minimum Gasteiger partial charge on any atom is -0.507 e. The second-order valence-corrected chi connectivity index (χ2v) is 9.83. The largest absolute Gasteiger partial charge is 0.507 e. The Morgan fingerprint density at radius 1 is 0.923 bits per heavy atom. The molecule has 0 unspecified atom stereocenters. The topological polar surface area (TPSA) is 38.7 Å². The quantitative estimate of drug-likeness (QED) is 0.631. The van der Waals surface area contributed by atoms with Gasteiger partial charge in [0, 0.05) is 11.5 Å². The highest BCUT2D eigenvalue weighted by Gasteiger charge is 2.30. The Labute approximate surface area is 160 Å². The molecule has 26 heavy (non-hydrogen) atoms. The molecule has 0 amide bonds. The number of rotatable bonds is 5. The lowest BCUT2D eigenvalue weighted by Gasteiger charge is -2.33. The monoisotopic (exact) mass is 362 g/mol. The van der Waals surface area contributed by atoms with Crippen LogP contribution in [-0.4, -0.2) is 18.3 Å². The van der Waals surface area contributed by atoms with E-state index in [2.05, 4.69) is 60.6 Å². The maximum Gasteiger partial charge on any atom is 0.183 e. The number of phenols is 1. The molecule has 1 aliphatic heterocycles. The summed E-state index contributed by atoms with van der Waals surface area (Å²) in [7, 11) is 0. The standard InChI is InChI=1S/C23H38O3/c1-8-9-10-11-16-14-25-21(26-15-16)17-12-18(22(2,3)4)20(24)19(13-17)23(5,6)7/h12-13,16,21,24H,8-11,14-15H2,1-7H3. The highest BCUT2D eigenvalue weighted by molar-refractivity contribution is 5.50. The highest BCUT2D eigenvalue weighted by atomic mass is 16.7. The van der Waals surface area contributed by atoms with E-state index >= 15 is 0 Å². The number of aromatic hydroxyl groups is 1. The Morgan fingerprint density at radius 2 is 1.42 bits per heavy atom. The molecule has 1 saturated heterocycles. The summed E-state index contributed by atoms with van der Waals surface area (Å²) in [6.07, 6.45) is 4.62. The third kappa shape index (κ3) is 5.23. The van der Waals surface area contributed by atoms with Crippen molar-refractivity contribution in [3.63, 3.8) is 0 Å². The molecule has 148 valence electrons. The molecule has 0 atom stereocenters. The average Bonchev–Trinajstić information content (AvgIpc) is 2.54. The van der Waals surface area contributed by atoms with Gasteiger partial charge >= 0.3 is 0 Å². The summed E-state index contributed by atoms with van der Waals surface area (Å²) < 4.78 is 12.2. The molecule has 1 aromatic rings. The van der Waals surface area contributed by atoms with Gasteiger partial charge in [-0.25, -0.2) is 0 Å². The van der Waals surface area contributed by atoms with Crippen LogP contribution in [0.15, 0.2) is 12.1 Å². The van der Waals surface area contributed by atoms with E-state index < -0.39 is 0 Å². The van der Waals surface area contributed by atoms with Crippen LogP contribution in [0.1, 0.15) is 97.1 Å². The molecule has 0 aromatic heterocycles. The van der Waals surface area contributed by atoms with Crippen LogP contribution in [0.4, 0.5) is 0 Å². The Balaban J connectivity index is 2.22. The highest BCUT2D eigenvalue weighted by Crippen LogP contribution is 2.42. The van der Waals surface area contributed by atoms with Crippen LogP contribution in [0.2, 0.25) is 0 Å². The molecule has 1 heterocycles. The van der Waals surface area contributed by atoms with Gasteiger partial charge in [-0.05, 0) is 40.5 Å². The molecule has 3 heteroatoms. The van der Waals surface area contributed by atoms with Crippen molar-refractivity contribution in [2.24, 2.45) is 5.92 Å². The molecule has 0 spiro atoms. The second-order valence-electron chi connectivity index (χ2n) is 9.83. The Morgan fingerprint density at radius 3 is 1.85 bits per heavy atom.